The largest absolute Gasteiger partial charge is 0.382 e. The predicted molar refractivity (Wildman–Crippen MR) is 97.4 cm³/mol. The molecule has 152 valence electrons. The maximum absolute atomic E-state index is 12.1. The van der Waals surface area contributed by atoms with E-state index in [0.29, 0.717) is 25.0 Å². The Labute approximate surface area is 160 Å². The Balaban J connectivity index is 1.33. The average molecular weight is 381 g/mol. The standard InChI is InChI=1S/C19H31N3O5/c1-24-12-13-26-14-18(23)22-8-4-15(5-9-22)2-3-17-20-19(27-21-17)16-6-10-25-11-7-16/h15-16H,2-14H2,1H3. The van der Waals surface area contributed by atoms with Gasteiger partial charge < -0.3 is 23.6 Å². The summed E-state index contributed by atoms with van der Waals surface area (Å²) in [5.74, 6) is 2.60. The van der Waals surface area contributed by atoms with Crippen molar-refractivity contribution >= 4 is 5.91 Å². The number of aryl methyl sites for hydroxylation is 1. The molecule has 0 spiro atoms. The number of hydrogen-bond acceptors (Lipinski definition) is 7. The molecule has 2 fully saturated rings. The molecule has 1 aromatic heterocycles. The summed E-state index contributed by atoms with van der Waals surface area (Å²) in [5, 5.41) is 4.15. The number of carbonyl (C=O) groups excluding carboxylic acids is 1. The van der Waals surface area contributed by atoms with E-state index in [1.807, 2.05) is 4.90 Å². The zero-order valence-electron chi connectivity index (χ0n) is 16.2. The molecular weight excluding hydrogens is 350 g/mol. The van der Waals surface area contributed by atoms with Gasteiger partial charge in [0.15, 0.2) is 5.82 Å². The molecule has 3 rings (SSSR count). The fourth-order valence-corrected chi connectivity index (χ4v) is 3.68. The predicted octanol–water partition coefficient (Wildman–Crippen LogP) is 1.80. The highest BCUT2D eigenvalue weighted by molar-refractivity contribution is 5.77. The Morgan fingerprint density at radius 2 is 1.96 bits per heavy atom. The molecule has 8 heteroatoms. The number of rotatable bonds is 9. The van der Waals surface area contributed by atoms with Gasteiger partial charge in [-0.25, -0.2) is 0 Å². The third-order valence-electron chi connectivity index (χ3n) is 5.46. The van der Waals surface area contributed by atoms with Crippen LogP contribution in [0.5, 0.6) is 0 Å². The Hall–Kier alpha value is -1.51. The van der Waals surface area contributed by atoms with Crippen molar-refractivity contribution in [2.75, 3.05) is 53.2 Å². The van der Waals surface area contributed by atoms with E-state index < -0.39 is 0 Å². The molecule has 2 saturated heterocycles. The second-order valence-electron chi connectivity index (χ2n) is 7.34. The van der Waals surface area contributed by atoms with Crippen LogP contribution in [0, 0.1) is 5.92 Å². The van der Waals surface area contributed by atoms with Crippen molar-refractivity contribution in [2.45, 2.75) is 44.4 Å². The zero-order chi connectivity index (χ0) is 18.9. The maximum atomic E-state index is 12.1. The fourth-order valence-electron chi connectivity index (χ4n) is 3.68. The summed E-state index contributed by atoms with van der Waals surface area (Å²) >= 11 is 0. The summed E-state index contributed by atoms with van der Waals surface area (Å²) in [5.41, 5.74) is 0. The van der Waals surface area contributed by atoms with E-state index in [0.717, 1.165) is 76.5 Å². The topological polar surface area (TPSA) is 86.9 Å². The Bertz CT molecular complexity index is 565. The number of piperidine rings is 1. The number of likely N-dealkylation sites (tertiary alicyclic amines) is 1. The van der Waals surface area contributed by atoms with Gasteiger partial charge in [0.2, 0.25) is 11.8 Å². The zero-order valence-corrected chi connectivity index (χ0v) is 16.2. The lowest BCUT2D eigenvalue weighted by Gasteiger charge is -2.31. The highest BCUT2D eigenvalue weighted by Crippen LogP contribution is 2.26. The van der Waals surface area contributed by atoms with Gasteiger partial charge in [-0.1, -0.05) is 5.16 Å². The lowest BCUT2D eigenvalue weighted by molar-refractivity contribution is -0.138. The molecule has 2 aliphatic rings. The average Bonchev–Trinajstić information content (AvgIpc) is 3.20. The third kappa shape index (κ3) is 6.26. The van der Waals surface area contributed by atoms with E-state index in [-0.39, 0.29) is 12.5 Å². The normalized spacial score (nSPS) is 19.5. The van der Waals surface area contributed by atoms with Gasteiger partial charge in [-0.15, -0.1) is 0 Å². The van der Waals surface area contributed by atoms with E-state index in [4.69, 9.17) is 18.7 Å². The number of methoxy groups -OCH3 is 1. The van der Waals surface area contributed by atoms with Crippen molar-refractivity contribution in [3.63, 3.8) is 0 Å². The highest BCUT2D eigenvalue weighted by atomic mass is 16.5. The van der Waals surface area contributed by atoms with E-state index in [2.05, 4.69) is 10.1 Å². The molecule has 0 aromatic carbocycles. The van der Waals surface area contributed by atoms with Crippen molar-refractivity contribution in [3.8, 4) is 0 Å². The highest BCUT2D eigenvalue weighted by Gasteiger charge is 2.24. The first kappa shape index (κ1) is 20.2. The molecule has 0 aliphatic carbocycles. The first-order valence-corrected chi connectivity index (χ1v) is 10.0. The molecule has 27 heavy (non-hydrogen) atoms. The Morgan fingerprint density at radius 1 is 1.19 bits per heavy atom. The Morgan fingerprint density at radius 3 is 2.70 bits per heavy atom. The van der Waals surface area contributed by atoms with Gasteiger partial charge in [-0.3, -0.25) is 4.79 Å². The van der Waals surface area contributed by atoms with Crippen LogP contribution in [0.1, 0.15) is 49.7 Å². The number of ether oxygens (including phenoxy) is 3. The number of hydrogen-bond donors (Lipinski definition) is 0. The summed E-state index contributed by atoms with van der Waals surface area (Å²) in [6.07, 6.45) is 5.85. The molecule has 8 nitrogen and oxygen atoms in total. The van der Waals surface area contributed by atoms with Crippen LogP contribution in [-0.2, 0) is 25.4 Å². The van der Waals surface area contributed by atoms with Crippen LogP contribution in [0.2, 0.25) is 0 Å². The smallest absolute Gasteiger partial charge is 0.248 e. The minimum atomic E-state index is 0.0730. The van der Waals surface area contributed by atoms with Crippen LogP contribution in [0.15, 0.2) is 4.52 Å². The van der Waals surface area contributed by atoms with Gasteiger partial charge in [-0.2, -0.15) is 4.98 Å². The van der Waals surface area contributed by atoms with E-state index in [9.17, 15) is 4.79 Å². The van der Waals surface area contributed by atoms with Gasteiger partial charge >= 0.3 is 0 Å². The first-order chi connectivity index (χ1) is 13.3. The number of amides is 1. The van der Waals surface area contributed by atoms with Crippen LogP contribution in [-0.4, -0.2) is 74.2 Å². The minimum Gasteiger partial charge on any atom is -0.382 e. The minimum absolute atomic E-state index is 0.0730. The van der Waals surface area contributed by atoms with Crippen molar-refractivity contribution in [1.82, 2.24) is 15.0 Å². The van der Waals surface area contributed by atoms with Crippen LogP contribution in [0.3, 0.4) is 0 Å². The fraction of sp³-hybridized carbons (Fsp3) is 0.842. The van der Waals surface area contributed by atoms with Gasteiger partial charge in [0, 0.05) is 45.8 Å². The summed E-state index contributed by atoms with van der Waals surface area (Å²) in [4.78, 5) is 18.6. The second-order valence-corrected chi connectivity index (χ2v) is 7.34. The Kier molecular flexibility index (Phi) is 8.04. The molecule has 0 atom stereocenters. The number of carbonyl (C=O) groups is 1. The summed E-state index contributed by atoms with van der Waals surface area (Å²) < 4.78 is 21.1. The molecule has 0 radical (unpaired) electrons. The van der Waals surface area contributed by atoms with Crippen LogP contribution < -0.4 is 0 Å². The van der Waals surface area contributed by atoms with Crippen molar-refractivity contribution < 1.29 is 23.5 Å². The van der Waals surface area contributed by atoms with E-state index >= 15 is 0 Å². The summed E-state index contributed by atoms with van der Waals surface area (Å²) in [6, 6.07) is 0. The quantitative estimate of drug-likeness (QED) is 0.603. The third-order valence-corrected chi connectivity index (χ3v) is 5.46. The van der Waals surface area contributed by atoms with Crippen molar-refractivity contribution in [1.29, 1.82) is 0 Å². The van der Waals surface area contributed by atoms with Crippen LogP contribution >= 0.6 is 0 Å². The molecule has 0 saturated carbocycles. The summed E-state index contributed by atoms with van der Waals surface area (Å²) in [6.45, 7) is 4.27. The molecule has 2 aliphatic heterocycles. The SMILES string of the molecule is COCCOCC(=O)N1CCC(CCc2noc(C3CCOCC3)n2)CC1. The number of aromatic nitrogens is 2. The second kappa shape index (κ2) is 10.7. The lowest BCUT2D eigenvalue weighted by Crippen LogP contribution is -2.40. The van der Waals surface area contributed by atoms with Gasteiger partial charge in [0.25, 0.3) is 0 Å². The molecule has 1 amide bonds. The van der Waals surface area contributed by atoms with Gasteiger partial charge in [-0.05, 0) is 38.0 Å². The monoisotopic (exact) mass is 381 g/mol. The van der Waals surface area contributed by atoms with Gasteiger partial charge in [0.1, 0.15) is 6.61 Å². The molecule has 0 bridgehead atoms. The molecular formula is C19H31N3O5. The lowest BCUT2D eigenvalue weighted by atomic mass is 9.92. The first-order valence-electron chi connectivity index (χ1n) is 10.0. The van der Waals surface area contributed by atoms with Crippen molar-refractivity contribution in [3.05, 3.63) is 11.7 Å². The van der Waals surface area contributed by atoms with Crippen LogP contribution in [0.25, 0.3) is 0 Å². The van der Waals surface area contributed by atoms with E-state index in [1.165, 1.54) is 0 Å². The summed E-state index contributed by atoms with van der Waals surface area (Å²) in [7, 11) is 1.62. The van der Waals surface area contributed by atoms with Gasteiger partial charge in [0.05, 0.1) is 13.2 Å². The molecule has 0 N–H and O–H groups in total. The maximum Gasteiger partial charge on any atom is 0.248 e. The molecule has 1 aromatic rings. The number of nitrogens with zero attached hydrogens (tertiary/aromatic N) is 3. The molecule has 3 heterocycles. The van der Waals surface area contributed by atoms with E-state index in [1.54, 1.807) is 7.11 Å². The van der Waals surface area contributed by atoms with Crippen molar-refractivity contribution in [2.24, 2.45) is 5.92 Å². The van der Waals surface area contributed by atoms with Crippen LogP contribution in [0.4, 0.5) is 0 Å². The molecule has 0 unspecified atom stereocenters.